The maximum atomic E-state index is 13.8. The van der Waals surface area contributed by atoms with Crippen molar-refractivity contribution in [3.05, 3.63) is 46.6 Å². The van der Waals surface area contributed by atoms with Crippen molar-refractivity contribution in [2.45, 2.75) is 24.7 Å². The highest BCUT2D eigenvalue weighted by Crippen LogP contribution is 2.43. The molecular formula is C20H23ClF3N5O2. The minimum absolute atomic E-state index is 0.0458. The first-order chi connectivity index (χ1) is 14.8. The number of carbonyl (C=O) groups excluding carboxylic acids is 1. The van der Waals surface area contributed by atoms with Crippen LogP contribution in [0.2, 0.25) is 5.02 Å². The Morgan fingerprint density at radius 3 is 2.65 bits per heavy atom. The van der Waals surface area contributed by atoms with Crippen LogP contribution in [0.5, 0.6) is 0 Å². The second kappa shape index (κ2) is 9.05. The van der Waals surface area contributed by atoms with Gasteiger partial charge in [0, 0.05) is 43.7 Å². The van der Waals surface area contributed by atoms with Crippen LogP contribution in [0, 0.1) is 0 Å². The molecule has 1 aromatic carbocycles. The third kappa shape index (κ3) is 5.13. The van der Waals surface area contributed by atoms with Gasteiger partial charge in [-0.05, 0) is 17.7 Å². The number of halogens is 4. The molecule has 1 saturated heterocycles. The fraction of sp³-hybridized carbons (Fsp3) is 0.500. The highest BCUT2D eigenvalue weighted by atomic mass is 35.5. The maximum Gasteiger partial charge on any atom is 0.410 e. The molecule has 2 aliphatic heterocycles. The summed E-state index contributed by atoms with van der Waals surface area (Å²) in [7, 11) is 0. The summed E-state index contributed by atoms with van der Waals surface area (Å²) in [6.45, 7) is 3.91. The Morgan fingerprint density at radius 2 is 1.97 bits per heavy atom. The van der Waals surface area contributed by atoms with Gasteiger partial charge in [0.1, 0.15) is 5.82 Å². The molecule has 168 valence electrons. The molecule has 2 N–H and O–H groups in total. The summed E-state index contributed by atoms with van der Waals surface area (Å²) in [6, 6.07) is 5.62. The van der Waals surface area contributed by atoms with Crippen LogP contribution < -0.4 is 10.6 Å². The summed E-state index contributed by atoms with van der Waals surface area (Å²) < 4.78 is 47.4. The fourth-order valence-corrected chi connectivity index (χ4v) is 3.97. The molecule has 7 nitrogen and oxygen atoms in total. The molecule has 0 spiro atoms. The Kier molecular flexibility index (Phi) is 6.40. The van der Waals surface area contributed by atoms with Crippen molar-refractivity contribution in [2.75, 3.05) is 44.7 Å². The second-order valence-electron chi connectivity index (χ2n) is 7.61. The summed E-state index contributed by atoms with van der Waals surface area (Å²) in [5.74, 6) is -0.340. The number of nitrogens with one attached hydrogen (secondary N) is 2. The van der Waals surface area contributed by atoms with Gasteiger partial charge in [0.05, 0.1) is 19.3 Å². The first-order valence-electron chi connectivity index (χ1n) is 10.1. The van der Waals surface area contributed by atoms with Crippen LogP contribution >= 0.6 is 11.6 Å². The lowest BCUT2D eigenvalue weighted by molar-refractivity contribution is -0.173. The van der Waals surface area contributed by atoms with Crippen LogP contribution in [0.15, 0.2) is 30.3 Å². The average molecular weight is 458 g/mol. The summed E-state index contributed by atoms with van der Waals surface area (Å²) in [5.41, 5.74) is 0.637. The molecule has 0 saturated carbocycles. The summed E-state index contributed by atoms with van der Waals surface area (Å²) in [4.78, 5) is 14.6. The van der Waals surface area contributed by atoms with Gasteiger partial charge < -0.3 is 15.4 Å². The summed E-state index contributed by atoms with van der Waals surface area (Å²) in [5, 5.41) is 10.3. The number of anilines is 1. The van der Waals surface area contributed by atoms with Crippen molar-refractivity contribution in [2.24, 2.45) is 0 Å². The van der Waals surface area contributed by atoms with Gasteiger partial charge >= 0.3 is 6.18 Å². The van der Waals surface area contributed by atoms with Gasteiger partial charge in [0.2, 0.25) is 0 Å². The van der Waals surface area contributed by atoms with E-state index in [1.807, 2.05) is 0 Å². The van der Waals surface area contributed by atoms with Crippen LogP contribution in [0.4, 0.5) is 19.0 Å². The monoisotopic (exact) mass is 457 g/mol. The third-order valence-corrected chi connectivity index (χ3v) is 5.76. The molecule has 1 fully saturated rings. The molecule has 31 heavy (non-hydrogen) atoms. The molecule has 0 aliphatic carbocycles. The van der Waals surface area contributed by atoms with E-state index in [0.29, 0.717) is 36.9 Å². The van der Waals surface area contributed by atoms with Gasteiger partial charge in [0.15, 0.2) is 11.7 Å². The smallest absolute Gasteiger partial charge is 0.379 e. The Labute approximate surface area is 182 Å². The summed E-state index contributed by atoms with van der Waals surface area (Å²) in [6.07, 6.45) is -4.74. The molecule has 1 aromatic heterocycles. The SMILES string of the molecule is O=C(NCCN1CCOCC1)c1cc2n(n1)[C@H](C(F)(F)F)C[C@H](c1ccc(Cl)cc1)N2. The molecule has 0 radical (unpaired) electrons. The van der Waals surface area contributed by atoms with E-state index in [1.165, 1.54) is 6.07 Å². The van der Waals surface area contributed by atoms with Gasteiger partial charge in [-0.1, -0.05) is 23.7 Å². The second-order valence-corrected chi connectivity index (χ2v) is 8.05. The number of rotatable bonds is 5. The first kappa shape index (κ1) is 21.9. The minimum atomic E-state index is -4.50. The molecule has 0 unspecified atom stereocenters. The third-order valence-electron chi connectivity index (χ3n) is 5.51. The molecule has 3 heterocycles. The molecule has 4 rings (SSSR count). The Morgan fingerprint density at radius 1 is 1.26 bits per heavy atom. The van der Waals surface area contributed by atoms with Gasteiger partial charge in [-0.3, -0.25) is 9.69 Å². The number of hydrogen-bond acceptors (Lipinski definition) is 5. The molecular weight excluding hydrogens is 435 g/mol. The fourth-order valence-electron chi connectivity index (χ4n) is 3.84. The number of carbonyl (C=O) groups is 1. The molecule has 2 aromatic rings. The largest absolute Gasteiger partial charge is 0.410 e. The van der Waals surface area contributed by atoms with E-state index >= 15 is 0 Å². The van der Waals surface area contributed by atoms with Gasteiger partial charge in [-0.25, -0.2) is 4.68 Å². The lowest BCUT2D eigenvalue weighted by Gasteiger charge is -2.33. The van der Waals surface area contributed by atoms with Crippen molar-refractivity contribution in [1.82, 2.24) is 20.0 Å². The number of fused-ring (bicyclic) bond motifs is 1. The Balaban J connectivity index is 1.48. The van der Waals surface area contributed by atoms with E-state index in [4.69, 9.17) is 16.3 Å². The predicted molar refractivity (Wildman–Crippen MR) is 109 cm³/mol. The van der Waals surface area contributed by atoms with Crippen molar-refractivity contribution in [1.29, 1.82) is 0 Å². The zero-order chi connectivity index (χ0) is 22.0. The highest BCUT2D eigenvalue weighted by molar-refractivity contribution is 6.30. The van der Waals surface area contributed by atoms with Crippen LogP contribution in [-0.4, -0.2) is 66.2 Å². The number of benzene rings is 1. The number of aromatic nitrogens is 2. The minimum Gasteiger partial charge on any atom is -0.379 e. The number of morpholine rings is 1. The molecule has 11 heteroatoms. The standard InChI is InChI=1S/C20H23ClF3N5O2/c21-14-3-1-13(2-4-14)15-11-17(20(22,23)24)29-18(26-15)12-16(27-29)19(30)25-5-6-28-7-9-31-10-8-28/h1-4,12,15,17,26H,5-11H2,(H,25,30)/t15-,17+/m1/s1. The van der Waals surface area contributed by atoms with Gasteiger partial charge in [-0.2, -0.15) is 18.3 Å². The molecule has 2 aliphatic rings. The van der Waals surface area contributed by atoms with Gasteiger partial charge in [0.25, 0.3) is 5.91 Å². The number of amides is 1. The average Bonchev–Trinajstić information content (AvgIpc) is 3.18. The number of nitrogens with zero attached hydrogens (tertiary/aromatic N) is 3. The number of alkyl halides is 3. The van der Waals surface area contributed by atoms with Crippen molar-refractivity contribution in [3.8, 4) is 0 Å². The highest BCUT2D eigenvalue weighted by Gasteiger charge is 2.46. The topological polar surface area (TPSA) is 71.4 Å². The van der Waals surface area contributed by atoms with E-state index < -0.39 is 24.2 Å². The number of ether oxygens (including phenoxy) is 1. The zero-order valence-corrected chi connectivity index (χ0v) is 17.4. The van der Waals surface area contributed by atoms with Crippen molar-refractivity contribution >= 4 is 23.3 Å². The maximum absolute atomic E-state index is 13.8. The Hall–Kier alpha value is -2.30. The molecule has 1 amide bonds. The van der Waals surface area contributed by atoms with E-state index in [-0.39, 0.29) is 17.9 Å². The van der Waals surface area contributed by atoms with Crippen molar-refractivity contribution in [3.63, 3.8) is 0 Å². The Bertz CT molecular complexity index is 913. The predicted octanol–water partition coefficient (Wildman–Crippen LogP) is 3.26. The molecule has 2 atom stereocenters. The lowest BCUT2D eigenvalue weighted by Crippen LogP contribution is -2.41. The van der Waals surface area contributed by atoms with E-state index in [2.05, 4.69) is 20.6 Å². The van der Waals surface area contributed by atoms with Crippen LogP contribution in [-0.2, 0) is 4.74 Å². The molecule has 0 bridgehead atoms. The van der Waals surface area contributed by atoms with E-state index in [9.17, 15) is 18.0 Å². The normalized spacial score (nSPS) is 21.9. The zero-order valence-electron chi connectivity index (χ0n) is 16.7. The van der Waals surface area contributed by atoms with Crippen molar-refractivity contribution < 1.29 is 22.7 Å². The lowest BCUT2D eigenvalue weighted by atomic mass is 9.97. The first-order valence-corrected chi connectivity index (χ1v) is 10.5. The van der Waals surface area contributed by atoms with Crippen LogP contribution in [0.25, 0.3) is 0 Å². The van der Waals surface area contributed by atoms with Crippen LogP contribution in [0.3, 0.4) is 0 Å². The summed E-state index contributed by atoms with van der Waals surface area (Å²) >= 11 is 5.89. The van der Waals surface area contributed by atoms with E-state index in [0.717, 1.165) is 17.8 Å². The van der Waals surface area contributed by atoms with Crippen LogP contribution in [0.1, 0.15) is 34.6 Å². The van der Waals surface area contributed by atoms with Gasteiger partial charge in [-0.15, -0.1) is 0 Å². The quantitative estimate of drug-likeness (QED) is 0.721. The van der Waals surface area contributed by atoms with E-state index in [1.54, 1.807) is 24.3 Å². The number of hydrogen-bond donors (Lipinski definition) is 2.